The summed E-state index contributed by atoms with van der Waals surface area (Å²) in [6.45, 7) is 4.39. The molecule has 2 aromatic heterocycles. The van der Waals surface area contributed by atoms with Crippen molar-refractivity contribution >= 4 is 11.2 Å². The number of rotatable bonds is 6. The van der Waals surface area contributed by atoms with E-state index in [1.54, 1.807) is 4.57 Å². The lowest BCUT2D eigenvalue weighted by atomic mass is 9.62. The summed E-state index contributed by atoms with van der Waals surface area (Å²) in [7, 11) is 1.89. The Bertz CT molecular complexity index is 1210. The number of likely N-dealkylation sites (tertiary alicyclic amines) is 1. The molecule has 164 valence electrons. The zero-order valence-corrected chi connectivity index (χ0v) is 18.4. The molecule has 3 heterocycles. The summed E-state index contributed by atoms with van der Waals surface area (Å²) in [6.07, 6.45) is 6.82. The predicted molar refractivity (Wildman–Crippen MR) is 121 cm³/mol. The van der Waals surface area contributed by atoms with E-state index in [1.165, 1.54) is 24.8 Å². The summed E-state index contributed by atoms with van der Waals surface area (Å²) >= 11 is 0. The molecule has 2 aliphatic rings. The second kappa shape index (κ2) is 7.79. The van der Waals surface area contributed by atoms with Gasteiger partial charge in [-0.2, -0.15) is 0 Å². The smallest absolute Gasteiger partial charge is 0.324 e. The standard InChI is InChI=1S/C24H31N5O2/c1-3-4-14-29-21-20(22(30)26-23(29)31)27(2)19(25-21)16-28-15-18-12-8-9-13-24(18,28)17-10-6-5-7-11-17/h5-7,10-11,18H,3-4,8-9,12-16H2,1-2H3,(H,26,30,31)/t18-,24+/m0/s1. The van der Waals surface area contributed by atoms with Crippen molar-refractivity contribution in [2.24, 2.45) is 13.0 Å². The number of hydrogen-bond acceptors (Lipinski definition) is 4. The minimum absolute atomic E-state index is 0.0615. The third kappa shape index (κ3) is 3.09. The Kier molecular flexibility index (Phi) is 5.08. The largest absolute Gasteiger partial charge is 0.330 e. The molecule has 1 aliphatic carbocycles. The molecule has 0 spiro atoms. The van der Waals surface area contributed by atoms with Crippen molar-refractivity contribution in [3.63, 3.8) is 0 Å². The van der Waals surface area contributed by atoms with Crippen LogP contribution >= 0.6 is 0 Å². The van der Waals surface area contributed by atoms with Gasteiger partial charge in [0.1, 0.15) is 5.82 Å². The number of hydrogen-bond donors (Lipinski definition) is 1. The molecule has 31 heavy (non-hydrogen) atoms. The molecule has 0 unspecified atom stereocenters. The highest BCUT2D eigenvalue weighted by Crippen LogP contribution is 2.54. The number of nitrogens with one attached hydrogen (secondary N) is 1. The van der Waals surface area contributed by atoms with Crippen molar-refractivity contribution in [3.8, 4) is 0 Å². The van der Waals surface area contributed by atoms with Crippen LogP contribution in [0.2, 0.25) is 0 Å². The molecule has 0 bridgehead atoms. The number of nitrogens with zero attached hydrogens (tertiary/aromatic N) is 4. The minimum Gasteiger partial charge on any atom is -0.324 e. The zero-order chi connectivity index (χ0) is 21.6. The molecule has 0 amide bonds. The molecule has 1 N–H and O–H groups in total. The lowest BCUT2D eigenvalue weighted by Gasteiger charge is -2.61. The van der Waals surface area contributed by atoms with Crippen LogP contribution in [0.1, 0.15) is 56.8 Å². The Morgan fingerprint density at radius 1 is 1.19 bits per heavy atom. The van der Waals surface area contributed by atoms with Crippen LogP contribution in [0.4, 0.5) is 0 Å². The van der Waals surface area contributed by atoms with Crippen molar-refractivity contribution in [1.29, 1.82) is 0 Å². The van der Waals surface area contributed by atoms with Gasteiger partial charge in [0.2, 0.25) is 0 Å². The Morgan fingerprint density at radius 2 is 2.00 bits per heavy atom. The van der Waals surface area contributed by atoms with Gasteiger partial charge in [0, 0.05) is 20.1 Å². The summed E-state index contributed by atoms with van der Waals surface area (Å²) in [5.74, 6) is 1.51. The third-order valence-electron chi connectivity index (χ3n) is 7.49. The first-order valence-corrected chi connectivity index (χ1v) is 11.5. The second-order valence-electron chi connectivity index (χ2n) is 9.14. The highest BCUT2D eigenvalue weighted by atomic mass is 16.2. The van der Waals surface area contributed by atoms with Gasteiger partial charge < -0.3 is 4.57 Å². The quantitative estimate of drug-likeness (QED) is 0.664. The van der Waals surface area contributed by atoms with Gasteiger partial charge in [-0.15, -0.1) is 0 Å². The van der Waals surface area contributed by atoms with Crippen LogP contribution in [-0.4, -0.2) is 30.5 Å². The Labute approximate surface area is 181 Å². The summed E-state index contributed by atoms with van der Waals surface area (Å²) in [6, 6.07) is 10.9. The SMILES string of the molecule is CCCCn1c(=O)[nH]c(=O)c2c1nc(CN1C[C@@H]3CCCC[C@@]31c1ccccc1)n2C. The van der Waals surface area contributed by atoms with Crippen LogP contribution in [-0.2, 0) is 25.7 Å². The highest BCUT2D eigenvalue weighted by Gasteiger charge is 2.54. The van der Waals surface area contributed by atoms with Crippen molar-refractivity contribution in [2.75, 3.05) is 6.54 Å². The fourth-order valence-electron chi connectivity index (χ4n) is 5.83. The molecule has 2 fully saturated rings. The number of aromatic nitrogens is 4. The van der Waals surface area contributed by atoms with Gasteiger partial charge >= 0.3 is 5.69 Å². The van der Waals surface area contributed by atoms with E-state index in [2.05, 4.69) is 47.1 Å². The monoisotopic (exact) mass is 421 g/mol. The first kappa shape index (κ1) is 20.2. The van der Waals surface area contributed by atoms with Crippen LogP contribution in [0.25, 0.3) is 11.2 Å². The van der Waals surface area contributed by atoms with Crippen LogP contribution in [0, 0.1) is 5.92 Å². The van der Waals surface area contributed by atoms with Gasteiger partial charge in [-0.05, 0) is 30.7 Å². The molecule has 1 aromatic carbocycles. The fourth-order valence-corrected chi connectivity index (χ4v) is 5.83. The van der Waals surface area contributed by atoms with Gasteiger partial charge in [-0.25, -0.2) is 9.78 Å². The number of unbranched alkanes of at least 4 members (excludes halogenated alkanes) is 1. The van der Waals surface area contributed by atoms with Crippen LogP contribution in [0.15, 0.2) is 39.9 Å². The summed E-state index contributed by atoms with van der Waals surface area (Å²) in [5.41, 5.74) is 1.72. The molecule has 1 saturated heterocycles. The zero-order valence-electron chi connectivity index (χ0n) is 18.4. The number of benzene rings is 1. The van der Waals surface area contributed by atoms with E-state index in [0.29, 0.717) is 30.2 Å². The van der Waals surface area contributed by atoms with E-state index in [-0.39, 0.29) is 16.8 Å². The summed E-state index contributed by atoms with van der Waals surface area (Å²) < 4.78 is 3.50. The van der Waals surface area contributed by atoms with Gasteiger partial charge in [0.25, 0.3) is 5.56 Å². The van der Waals surface area contributed by atoms with Crippen molar-refractivity contribution in [1.82, 2.24) is 24.0 Å². The Morgan fingerprint density at radius 3 is 2.74 bits per heavy atom. The molecule has 3 aromatic rings. The number of H-pyrrole nitrogens is 1. The molecule has 7 nitrogen and oxygen atoms in total. The Balaban J connectivity index is 1.55. The van der Waals surface area contributed by atoms with E-state index >= 15 is 0 Å². The van der Waals surface area contributed by atoms with E-state index < -0.39 is 0 Å². The van der Waals surface area contributed by atoms with Crippen molar-refractivity contribution in [2.45, 2.75) is 64.1 Å². The maximum Gasteiger partial charge on any atom is 0.330 e. The highest BCUT2D eigenvalue weighted by molar-refractivity contribution is 5.70. The first-order valence-electron chi connectivity index (χ1n) is 11.5. The number of aryl methyl sites for hydroxylation is 2. The van der Waals surface area contributed by atoms with Crippen molar-refractivity contribution in [3.05, 3.63) is 62.6 Å². The van der Waals surface area contributed by atoms with Crippen LogP contribution < -0.4 is 11.2 Å². The summed E-state index contributed by atoms with van der Waals surface area (Å²) in [5, 5.41) is 0. The van der Waals surface area contributed by atoms with E-state index in [0.717, 1.165) is 31.6 Å². The number of fused-ring (bicyclic) bond motifs is 2. The molecule has 7 heteroatoms. The molecular weight excluding hydrogens is 390 g/mol. The van der Waals surface area contributed by atoms with Gasteiger partial charge in [0.15, 0.2) is 11.2 Å². The van der Waals surface area contributed by atoms with Gasteiger partial charge in [0.05, 0.1) is 12.1 Å². The van der Waals surface area contributed by atoms with Crippen molar-refractivity contribution < 1.29 is 0 Å². The predicted octanol–water partition coefficient (Wildman–Crippen LogP) is 3.12. The molecule has 2 atom stereocenters. The average Bonchev–Trinajstić information content (AvgIpc) is 3.09. The second-order valence-corrected chi connectivity index (χ2v) is 9.14. The summed E-state index contributed by atoms with van der Waals surface area (Å²) in [4.78, 5) is 34.9. The molecule has 0 radical (unpaired) electrons. The molecule has 1 aliphatic heterocycles. The maximum absolute atomic E-state index is 12.6. The van der Waals surface area contributed by atoms with E-state index in [9.17, 15) is 9.59 Å². The maximum atomic E-state index is 12.6. The lowest BCUT2D eigenvalue weighted by molar-refractivity contribution is -0.122. The Hall–Kier alpha value is -2.67. The van der Waals surface area contributed by atoms with E-state index in [1.807, 2.05) is 11.6 Å². The number of imidazole rings is 1. The molecular formula is C24H31N5O2. The minimum atomic E-state index is -0.368. The first-order chi connectivity index (χ1) is 15.1. The van der Waals surface area contributed by atoms with Crippen LogP contribution in [0.5, 0.6) is 0 Å². The molecule has 1 saturated carbocycles. The average molecular weight is 422 g/mol. The van der Waals surface area contributed by atoms with E-state index in [4.69, 9.17) is 4.98 Å². The number of aromatic amines is 1. The van der Waals surface area contributed by atoms with Gasteiger partial charge in [-0.3, -0.25) is 19.2 Å². The van der Waals surface area contributed by atoms with Crippen LogP contribution in [0.3, 0.4) is 0 Å². The molecule has 5 rings (SSSR count). The fraction of sp³-hybridized carbons (Fsp3) is 0.542. The topological polar surface area (TPSA) is 75.9 Å². The van der Waals surface area contributed by atoms with Gasteiger partial charge in [-0.1, -0.05) is 56.5 Å². The lowest BCUT2D eigenvalue weighted by Crippen LogP contribution is -2.65. The third-order valence-corrected chi connectivity index (χ3v) is 7.49. The normalized spacial score (nSPS) is 23.6.